The minimum absolute atomic E-state index is 0.663. The van der Waals surface area contributed by atoms with Crippen LogP contribution in [0.5, 0.6) is 0 Å². The third-order valence-corrected chi connectivity index (χ3v) is 5.80. The Morgan fingerprint density at radius 3 is 2.56 bits per heavy atom. The van der Waals surface area contributed by atoms with Crippen LogP contribution in [0.4, 0.5) is 5.95 Å². The molecule has 7 heteroatoms. The predicted octanol–water partition coefficient (Wildman–Crippen LogP) is 5.07. The second-order valence-electron chi connectivity index (χ2n) is 8.29. The topological polar surface area (TPSA) is 81.4 Å². The van der Waals surface area contributed by atoms with Gasteiger partial charge in [-0.3, -0.25) is 9.67 Å². The lowest BCUT2D eigenvalue weighted by atomic mass is 10.0. The van der Waals surface area contributed by atoms with Crippen LogP contribution in [0.25, 0.3) is 33.4 Å². The lowest BCUT2D eigenvalue weighted by Crippen LogP contribution is -2.05. The highest BCUT2D eigenvalue weighted by atomic mass is 15.2. The number of fused-ring (bicyclic) bond motifs is 1. The van der Waals surface area contributed by atoms with Crippen LogP contribution in [-0.4, -0.2) is 36.3 Å². The van der Waals surface area contributed by atoms with E-state index in [1.807, 2.05) is 38.8 Å². The molecule has 1 N–H and O–H groups in total. The maximum atomic E-state index is 4.91. The van der Waals surface area contributed by atoms with E-state index in [0.717, 1.165) is 58.5 Å². The van der Waals surface area contributed by atoms with E-state index in [4.69, 9.17) is 4.98 Å². The Hall–Kier alpha value is -4.13. The molecule has 5 rings (SSSR count). The van der Waals surface area contributed by atoms with Gasteiger partial charge in [0.25, 0.3) is 0 Å². The number of benzene rings is 1. The van der Waals surface area contributed by atoms with Gasteiger partial charge in [-0.15, -0.1) is 0 Å². The number of hydrogen-bond donors (Lipinski definition) is 1. The van der Waals surface area contributed by atoms with Gasteiger partial charge >= 0.3 is 0 Å². The number of hydrogen-bond acceptors (Lipinski definition) is 6. The molecule has 0 aliphatic carbocycles. The van der Waals surface area contributed by atoms with Gasteiger partial charge in [-0.1, -0.05) is 19.1 Å². The Kier molecular flexibility index (Phi) is 5.99. The highest BCUT2D eigenvalue weighted by molar-refractivity contribution is 5.82. The number of aryl methyl sites for hydroxylation is 2. The number of nitrogens with zero attached hydrogens (tertiary/aromatic N) is 6. The van der Waals surface area contributed by atoms with Gasteiger partial charge in [0.1, 0.15) is 0 Å². The minimum Gasteiger partial charge on any atom is -0.354 e. The molecular formula is C27H27N7. The fourth-order valence-electron chi connectivity index (χ4n) is 4.11. The molecule has 0 aliphatic heterocycles. The van der Waals surface area contributed by atoms with Crippen molar-refractivity contribution in [2.75, 3.05) is 11.9 Å². The van der Waals surface area contributed by atoms with Crippen molar-refractivity contribution in [2.24, 2.45) is 7.05 Å². The van der Waals surface area contributed by atoms with E-state index >= 15 is 0 Å². The average molecular weight is 450 g/mol. The van der Waals surface area contributed by atoms with Crippen molar-refractivity contribution >= 4 is 16.9 Å². The van der Waals surface area contributed by atoms with Crippen molar-refractivity contribution < 1.29 is 0 Å². The summed E-state index contributed by atoms with van der Waals surface area (Å²) in [5.41, 5.74) is 8.24. The number of anilines is 1. The summed E-state index contributed by atoms with van der Waals surface area (Å²) in [7, 11) is 1.91. The molecule has 0 aliphatic rings. The summed E-state index contributed by atoms with van der Waals surface area (Å²) >= 11 is 0. The monoisotopic (exact) mass is 449 g/mol. The predicted molar refractivity (Wildman–Crippen MR) is 136 cm³/mol. The molecule has 0 atom stereocenters. The molecule has 0 spiro atoms. The van der Waals surface area contributed by atoms with Gasteiger partial charge in [-0.2, -0.15) is 5.10 Å². The van der Waals surface area contributed by atoms with Crippen molar-refractivity contribution in [3.8, 4) is 22.5 Å². The SMILES string of the molecule is CCNc1ncc(-c2ccc3cc(Cc4ccnc(-c5cnn(C)c5)c4)ccc3n2)c(CC)n1. The molecule has 170 valence electrons. The second-order valence-corrected chi connectivity index (χ2v) is 8.29. The van der Waals surface area contributed by atoms with Crippen molar-refractivity contribution in [1.82, 2.24) is 29.7 Å². The molecule has 7 nitrogen and oxygen atoms in total. The van der Waals surface area contributed by atoms with Gasteiger partial charge in [-0.25, -0.2) is 15.0 Å². The van der Waals surface area contributed by atoms with Crippen LogP contribution in [0.2, 0.25) is 0 Å². The molecule has 0 radical (unpaired) electrons. The van der Waals surface area contributed by atoms with Crippen LogP contribution >= 0.6 is 0 Å². The van der Waals surface area contributed by atoms with Crippen molar-refractivity contribution in [3.63, 3.8) is 0 Å². The molecule has 34 heavy (non-hydrogen) atoms. The second kappa shape index (κ2) is 9.39. The van der Waals surface area contributed by atoms with E-state index in [-0.39, 0.29) is 0 Å². The zero-order chi connectivity index (χ0) is 23.5. The van der Waals surface area contributed by atoms with Crippen LogP contribution in [0.15, 0.2) is 67.3 Å². The van der Waals surface area contributed by atoms with Crippen molar-refractivity contribution in [1.29, 1.82) is 0 Å². The van der Waals surface area contributed by atoms with Gasteiger partial charge in [-0.05, 0) is 61.2 Å². The Labute approximate surface area is 199 Å². The molecule has 5 aromatic rings. The van der Waals surface area contributed by atoms with Crippen molar-refractivity contribution in [3.05, 3.63) is 84.1 Å². The van der Waals surface area contributed by atoms with Crippen LogP contribution in [0, 0.1) is 0 Å². The third kappa shape index (κ3) is 4.50. The molecule has 0 bridgehead atoms. The smallest absolute Gasteiger partial charge is 0.222 e. The van der Waals surface area contributed by atoms with Gasteiger partial charge < -0.3 is 5.32 Å². The first kappa shape index (κ1) is 21.7. The normalized spacial score (nSPS) is 11.1. The van der Waals surface area contributed by atoms with Gasteiger partial charge in [0.05, 0.1) is 28.8 Å². The fraction of sp³-hybridized carbons (Fsp3) is 0.222. The summed E-state index contributed by atoms with van der Waals surface area (Å²) in [6.07, 6.45) is 9.20. The minimum atomic E-state index is 0.663. The van der Waals surface area contributed by atoms with Crippen LogP contribution in [-0.2, 0) is 19.9 Å². The summed E-state index contributed by atoms with van der Waals surface area (Å²) in [6, 6.07) is 14.8. The highest BCUT2D eigenvalue weighted by Crippen LogP contribution is 2.26. The third-order valence-electron chi connectivity index (χ3n) is 5.80. The zero-order valence-corrected chi connectivity index (χ0v) is 19.7. The Morgan fingerprint density at radius 1 is 0.882 bits per heavy atom. The lowest BCUT2D eigenvalue weighted by Gasteiger charge is -2.10. The van der Waals surface area contributed by atoms with Crippen LogP contribution in [0.3, 0.4) is 0 Å². The standard InChI is InChI=1S/C27H27N7/c1-4-23-22(16-30-27(33-23)28-5-2)25-9-7-20-13-18(6-8-24(20)32-25)12-19-10-11-29-26(14-19)21-15-31-34(3)17-21/h6-11,13-17H,4-5,12H2,1-3H3,(H,28,30,33). The zero-order valence-electron chi connectivity index (χ0n) is 19.7. The number of nitrogens with one attached hydrogen (secondary N) is 1. The first-order valence-electron chi connectivity index (χ1n) is 11.6. The number of rotatable bonds is 7. The van der Waals surface area contributed by atoms with Crippen molar-refractivity contribution in [2.45, 2.75) is 26.7 Å². The first-order valence-corrected chi connectivity index (χ1v) is 11.6. The molecule has 4 aromatic heterocycles. The Morgan fingerprint density at radius 2 is 1.76 bits per heavy atom. The van der Waals surface area contributed by atoms with E-state index in [2.05, 4.69) is 74.8 Å². The molecule has 0 saturated carbocycles. The van der Waals surface area contributed by atoms with E-state index in [1.165, 1.54) is 11.1 Å². The van der Waals surface area contributed by atoms with Crippen LogP contribution < -0.4 is 5.32 Å². The van der Waals surface area contributed by atoms with E-state index < -0.39 is 0 Å². The van der Waals surface area contributed by atoms with Gasteiger partial charge in [0.2, 0.25) is 5.95 Å². The van der Waals surface area contributed by atoms with Crippen LogP contribution in [0.1, 0.15) is 30.7 Å². The average Bonchev–Trinajstić information content (AvgIpc) is 3.30. The molecule has 0 unspecified atom stereocenters. The fourth-order valence-corrected chi connectivity index (χ4v) is 4.11. The maximum Gasteiger partial charge on any atom is 0.222 e. The van der Waals surface area contributed by atoms with E-state index in [0.29, 0.717) is 5.95 Å². The largest absolute Gasteiger partial charge is 0.354 e. The summed E-state index contributed by atoms with van der Waals surface area (Å²) in [5, 5.41) is 8.55. The summed E-state index contributed by atoms with van der Waals surface area (Å²) in [6.45, 7) is 4.94. The highest BCUT2D eigenvalue weighted by Gasteiger charge is 2.11. The maximum absolute atomic E-state index is 4.91. The Balaban J connectivity index is 1.41. The lowest BCUT2D eigenvalue weighted by molar-refractivity contribution is 0.768. The number of pyridine rings is 2. The Bertz CT molecular complexity index is 1450. The molecule has 4 heterocycles. The van der Waals surface area contributed by atoms with Gasteiger partial charge in [0, 0.05) is 48.7 Å². The molecule has 0 saturated heterocycles. The van der Waals surface area contributed by atoms with E-state index in [1.54, 1.807) is 4.68 Å². The number of aromatic nitrogens is 6. The quantitative estimate of drug-likeness (QED) is 0.373. The summed E-state index contributed by atoms with van der Waals surface area (Å²) in [4.78, 5) is 18.5. The molecular weight excluding hydrogens is 422 g/mol. The summed E-state index contributed by atoms with van der Waals surface area (Å²) < 4.78 is 1.79. The van der Waals surface area contributed by atoms with Gasteiger partial charge in [0.15, 0.2) is 0 Å². The molecule has 1 aromatic carbocycles. The van der Waals surface area contributed by atoms with E-state index in [9.17, 15) is 0 Å². The molecule has 0 fully saturated rings. The molecule has 0 amide bonds. The first-order chi connectivity index (χ1) is 16.6. The summed E-state index contributed by atoms with van der Waals surface area (Å²) in [5.74, 6) is 0.663.